The lowest BCUT2D eigenvalue weighted by molar-refractivity contribution is -0.123. The van der Waals surface area contributed by atoms with Crippen molar-refractivity contribution in [2.75, 3.05) is 11.1 Å². The topological polar surface area (TPSA) is 123 Å². The molecular formula is C23H25N9OS. The summed E-state index contributed by atoms with van der Waals surface area (Å²) in [7, 11) is 0. The van der Waals surface area contributed by atoms with Crippen molar-refractivity contribution < 1.29 is 4.79 Å². The number of anilines is 1. The summed E-state index contributed by atoms with van der Waals surface area (Å²) in [4.78, 5) is 21.6. The van der Waals surface area contributed by atoms with E-state index < -0.39 is 6.29 Å². The fourth-order valence-electron chi connectivity index (χ4n) is 3.88. The van der Waals surface area contributed by atoms with Gasteiger partial charge in [-0.05, 0) is 53.6 Å². The summed E-state index contributed by atoms with van der Waals surface area (Å²) in [6.45, 7) is 4.10. The van der Waals surface area contributed by atoms with Crippen LogP contribution in [0.2, 0.25) is 0 Å². The van der Waals surface area contributed by atoms with Crippen molar-refractivity contribution >= 4 is 34.5 Å². The molecular weight excluding hydrogens is 450 g/mol. The summed E-state index contributed by atoms with van der Waals surface area (Å²) in [6, 6.07) is 15.9. The average molecular weight is 476 g/mol. The van der Waals surface area contributed by atoms with Gasteiger partial charge in [0.25, 0.3) is 0 Å². The van der Waals surface area contributed by atoms with Gasteiger partial charge < -0.3 is 10.6 Å². The molecule has 0 spiro atoms. The number of fused-ring (bicyclic) bond motifs is 1. The number of aryl methyl sites for hydroxylation is 2. The number of carbonyl (C=O) groups is 1. The number of benzene rings is 2. The summed E-state index contributed by atoms with van der Waals surface area (Å²) in [5, 5.41) is 23.3. The van der Waals surface area contributed by atoms with Crippen LogP contribution in [0.1, 0.15) is 24.6 Å². The highest BCUT2D eigenvalue weighted by molar-refractivity contribution is 7.99. The van der Waals surface area contributed by atoms with Gasteiger partial charge in [-0.2, -0.15) is 4.68 Å². The molecule has 2 aromatic carbocycles. The molecule has 1 saturated heterocycles. The van der Waals surface area contributed by atoms with E-state index in [1.165, 1.54) is 17.3 Å². The summed E-state index contributed by atoms with van der Waals surface area (Å²) < 4.78 is 1.69. The molecule has 1 aliphatic rings. The Balaban J connectivity index is 1.26. The molecule has 11 heteroatoms. The molecule has 0 bridgehead atoms. The SMILES string of the molecule is CCc1ccc2nc(NC3NC(=O)CC(CSc4nnnn4-c4ccccc4)N3)nc(C)c2c1. The monoisotopic (exact) mass is 475 g/mol. The number of nitrogens with one attached hydrogen (secondary N) is 3. The normalized spacial score (nSPS) is 18.1. The zero-order valence-electron chi connectivity index (χ0n) is 18.9. The number of para-hydroxylation sites is 1. The maximum Gasteiger partial charge on any atom is 0.226 e. The molecule has 2 atom stereocenters. The largest absolute Gasteiger partial charge is 0.323 e. The van der Waals surface area contributed by atoms with Gasteiger partial charge in [0.2, 0.25) is 17.0 Å². The van der Waals surface area contributed by atoms with E-state index in [2.05, 4.69) is 60.5 Å². The number of nitrogens with zero attached hydrogens (tertiary/aromatic N) is 6. The van der Waals surface area contributed by atoms with Crippen molar-refractivity contribution in [1.82, 2.24) is 40.8 Å². The van der Waals surface area contributed by atoms with Gasteiger partial charge in [0.1, 0.15) is 0 Å². The van der Waals surface area contributed by atoms with Crippen LogP contribution in [0.4, 0.5) is 5.95 Å². The lowest BCUT2D eigenvalue weighted by Gasteiger charge is -2.31. The molecule has 3 N–H and O–H groups in total. The molecule has 0 saturated carbocycles. The van der Waals surface area contributed by atoms with E-state index in [1.54, 1.807) is 4.68 Å². The van der Waals surface area contributed by atoms with Crippen LogP contribution >= 0.6 is 11.8 Å². The number of carbonyl (C=O) groups excluding carboxylic acids is 1. The maximum absolute atomic E-state index is 12.4. The Morgan fingerprint density at radius 1 is 1.18 bits per heavy atom. The standard InChI is InChI=1S/C23H25N9OS/c1-3-15-9-10-19-18(11-15)14(2)24-21(26-19)28-22-25-16(12-20(33)27-22)13-34-23-29-30-31-32(23)17-7-5-4-6-8-17/h4-11,16,22,25H,3,12-13H2,1-2H3,(H,27,33)(H,24,26,28). The van der Waals surface area contributed by atoms with Crippen molar-refractivity contribution in [3.8, 4) is 5.69 Å². The minimum absolute atomic E-state index is 0.0467. The number of hydrogen-bond donors (Lipinski definition) is 3. The van der Waals surface area contributed by atoms with Gasteiger partial charge in [0.15, 0.2) is 6.29 Å². The molecule has 5 rings (SSSR count). The Hall–Kier alpha value is -3.57. The number of amides is 1. The summed E-state index contributed by atoms with van der Waals surface area (Å²) in [6.07, 6.45) is 0.837. The van der Waals surface area contributed by atoms with Gasteiger partial charge in [0, 0.05) is 23.6 Å². The average Bonchev–Trinajstić information content (AvgIpc) is 3.31. The Morgan fingerprint density at radius 3 is 2.85 bits per heavy atom. The molecule has 0 radical (unpaired) electrons. The molecule has 34 heavy (non-hydrogen) atoms. The van der Waals surface area contributed by atoms with Gasteiger partial charge in [-0.1, -0.05) is 43.0 Å². The maximum atomic E-state index is 12.4. The van der Waals surface area contributed by atoms with Crippen LogP contribution in [-0.2, 0) is 11.2 Å². The van der Waals surface area contributed by atoms with Crippen LogP contribution in [0, 0.1) is 6.92 Å². The second-order valence-electron chi connectivity index (χ2n) is 8.07. The van der Waals surface area contributed by atoms with E-state index >= 15 is 0 Å². The fraction of sp³-hybridized carbons (Fsp3) is 0.304. The van der Waals surface area contributed by atoms with Gasteiger partial charge in [-0.15, -0.1) is 5.10 Å². The highest BCUT2D eigenvalue weighted by Crippen LogP contribution is 2.22. The third-order valence-electron chi connectivity index (χ3n) is 5.63. The number of rotatable bonds is 7. The second kappa shape index (κ2) is 9.74. The van der Waals surface area contributed by atoms with E-state index in [9.17, 15) is 4.79 Å². The molecule has 1 aliphatic heterocycles. The molecule has 0 aliphatic carbocycles. The molecule has 174 valence electrons. The van der Waals surface area contributed by atoms with Crippen LogP contribution < -0.4 is 16.0 Å². The number of thioether (sulfide) groups is 1. The van der Waals surface area contributed by atoms with Gasteiger partial charge in [0.05, 0.1) is 16.9 Å². The van der Waals surface area contributed by atoms with E-state index in [1.807, 2.05) is 43.3 Å². The third-order valence-corrected chi connectivity index (χ3v) is 6.71. The Bertz CT molecular complexity index is 1310. The smallest absolute Gasteiger partial charge is 0.226 e. The Labute approximate surface area is 200 Å². The quantitative estimate of drug-likeness (QED) is 0.346. The van der Waals surface area contributed by atoms with Gasteiger partial charge in [-0.25, -0.2) is 9.97 Å². The molecule has 2 unspecified atom stereocenters. The third kappa shape index (κ3) is 4.85. The van der Waals surface area contributed by atoms with Crippen molar-refractivity contribution in [3.05, 3.63) is 59.8 Å². The Morgan fingerprint density at radius 2 is 2.03 bits per heavy atom. The predicted octanol–water partition coefficient (Wildman–Crippen LogP) is 2.44. The zero-order chi connectivity index (χ0) is 23.5. The summed E-state index contributed by atoms with van der Waals surface area (Å²) in [5.74, 6) is 1.04. The first-order valence-corrected chi connectivity index (χ1v) is 12.1. The van der Waals surface area contributed by atoms with E-state index in [-0.39, 0.29) is 11.9 Å². The summed E-state index contributed by atoms with van der Waals surface area (Å²) in [5.41, 5.74) is 3.90. The van der Waals surface area contributed by atoms with Gasteiger partial charge >= 0.3 is 0 Å². The number of hydrogen-bond acceptors (Lipinski definition) is 9. The summed E-state index contributed by atoms with van der Waals surface area (Å²) >= 11 is 1.50. The van der Waals surface area contributed by atoms with Crippen LogP contribution in [0.5, 0.6) is 0 Å². The molecule has 4 aromatic rings. The van der Waals surface area contributed by atoms with Crippen LogP contribution in [0.3, 0.4) is 0 Å². The minimum Gasteiger partial charge on any atom is -0.323 e. The molecule has 2 aromatic heterocycles. The first-order chi connectivity index (χ1) is 16.6. The van der Waals surface area contributed by atoms with E-state index in [4.69, 9.17) is 0 Å². The first kappa shape index (κ1) is 22.2. The van der Waals surface area contributed by atoms with Crippen LogP contribution in [0.25, 0.3) is 16.6 Å². The highest BCUT2D eigenvalue weighted by atomic mass is 32.2. The minimum atomic E-state index is -0.483. The molecule has 3 heterocycles. The van der Waals surface area contributed by atoms with E-state index in [0.717, 1.165) is 28.7 Å². The zero-order valence-corrected chi connectivity index (χ0v) is 19.7. The number of aromatic nitrogens is 6. The van der Waals surface area contributed by atoms with Crippen LogP contribution in [-0.4, -0.2) is 54.2 Å². The first-order valence-electron chi connectivity index (χ1n) is 11.1. The fourth-order valence-corrected chi connectivity index (χ4v) is 4.81. The second-order valence-corrected chi connectivity index (χ2v) is 9.06. The lowest BCUT2D eigenvalue weighted by atomic mass is 10.1. The van der Waals surface area contributed by atoms with Crippen LogP contribution in [0.15, 0.2) is 53.7 Å². The number of tetrazole rings is 1. The molecule has 1 amide bonds. The van der Waals surface area contributed by atoms with E-state index in [0.29, 0.717) is 23.3 Å². The molecule has 10 nitrogen and oxygen atoms in total. The highest BCUT2D eigenvalue weighted by Gasteiger charge is 2.27. The van der Waals surface area contributed by atoms with Crippen molar-refractivity contribution in [1.29, 1.82) is 0 Å². The van der Waals surface area contributed by atoms with Crippen molar-refractivity contribution in [3.63, 3.8) is 0 Å². The Kier molecular flexibility index (Phi) is 6.37. The lowest BCUT2D eigenvalue weighted by Crippen LogP contribution is -2.60. The molecule has 1 fully saturated rings. The van der Waals surface area contributed by atoms with Gasteiger partial charge in [-0.3, -0.25) is 10.1 Å². The van der Waals surface area contributed by atoms with Crippen molar-refractivity contribution in [2.24, 2.45) is 0 Å². The van der Waals surface area contributed by atoms with Crippen molar-refractivity contribution in [2.45, 2.75) is 44.2 Å². The predicted molar refractivity (Wildman–Crippen MR) is 131 cm³/mol.